The first-order valence-electron chi connectivity index (χ1n) is 6.61. The Kier molecular flexibility index (Phi) is 4.38. The van der Waals surface area contributed by atoms with E-state index in [1.54, 1.807) is 0 Å². The Bertz CT molecular complexity index is 856. The predicted molar refractivity (Wildman–Crippen MR) is 73.9 cm³/mol. The summed E-state index contributed by atoms with van der Waals surface area (Å²) in [5.74, 6) is -1.39. The molecule has 0 radical (unpaired) electrons. The van der Waals surface area contributed by atoms with Crippen LogP contribution in [0, 0.1) is 0 Å². The largest absolute Gasteiger partial charge is 0.461 e. The second kappa shape index (κ2) is 5.84. The van der Waals surface area contributed by atoms with E-state index in [1.165, 1.54) is 13.8 Å². The van der Waals surface area contributed by atoms with E-state index in [9.17, 15) is 26.4 Å². The van der Waals surface area contributed by atoms with Crippen molar-refractivity contribution in [1.29, 1.82) is 0 Å². The molecule has 0 aliphatic rings. The summed E-state index contributed by atoms with van der Waals surface area (Å²) in [6.45, 7) is 2.82. The summed E-state index contributed by atoms with van der Waals surface area (Å²) in [7, 11) is -3.99. The van der Waals surface area contributed by atoms with Gasteiger partial charge in [0.25, 0.3) is 0 Å². The van der Waals surface area contributed by atoms with Crippen molar-refractivity contribution < 1.29 is 31.1 Å². The Balaban J connectivity index is 2.82. The summed E-state index contributed by atoms with van der Waals surface area (Å²) in [4.78, 5) is 11.3. The molecule has 2 heterocycles. The summed E-state index contributed by atoms with van der Waals surface area (Å²) in [5.41, 5.74) is -1.87. The van der Waals surface area contributed by atoms with Crippen molar-refractivity contribution in [2.45, 2.75) is 24.9 Å². The summed E-state index contributed by atoms with van der Waals surface area (Å²) < 4.78 is 68.6. The first kappa shape index (κ1) is 17.3. The number of carbonyl (C=O) groups excluding carboxylic acids is 1. The SMILES string of the molecule is CCOC(=O)c1nn2ccc(C(F)(F)F)cc2c1S(=O)(=O)CC. The van der Waals surface area contributed by atoms with E-state index >= 15 is 0 Å². The number of hydrogen-bond acceptors (Lipinski definition) is 5. The number of ether oxygens (including phenoxy) is 1. The van der Waals surface area contributed by atoms with Crippen molar-refractivity contribution in [3.05, 3.63) is 29.6 Å². The van der Waals surface area contributed by atoms with Crippen LogP contribution in [0.25, 0.3) is 5.52 Å². The predicted octanol–water partition coefficient (Wildman–Crippen LogP) is 2.32. The zero-order chi connectivity index (χ0) is 17.4. The summed E-state index contributed by atoms with van der Waals surface area (Å²) in [5, 5.41) is 3.76. The van der Waals surface area contributed by atoms with Crippen molar-refractivity contribution >= 4 is 21.3 Å². The highest BCUT2D eigenvalue weighted by atomic mass is 32.2. The highest BCUT2D eigenvalue weighted by molar-refractivity contribution is 7.91. The average molecular weight is 350 g/mol. The van der Waals surface area contributed by atoms with Crippen molar-refractivity contribution in [3.8, 4) is 0 Å². The van der Waals surface area contributed by atoms with E-state index in [0.29, 0.717) is 6.07 Å². The lowest BCUT2D eigenvalue weighted by atomic mass is 10.2. The van der Waals surface area contributed by atoms with Crippen LogP contribution in [0.2, 0.25) is 0 Å². The molecule has 2 aromatic heterocycles. The van der Waals surface area contributed by atoms with Gasteiger partial charge in [0.1, 0.15) is 4.90 Å². The minimum atomic E-state index is -4.65. The molecular formula is C13H13F3N2O4S. The van der Waals surface area contributed by atoms with Crippen LogP contribution in [-0.2, 0) is 20.8 Å². The van der Waals surface area contributed by atoms with Crippen LogP contribution in [-0.4, -0.2) is 36.4 Å². The van der Waals surface area contributed by atoms with Gasteiger partial charge >= 0.3 is 12.1 Å². The van der Waals surface area contributed by atoms with E-state index < -0.39 is 43.9 Å². The maximum absolute atomic E-state index is 12.8. The summed E-state index contributed by atoms with van der Waals surface area (Å²) >= 11 is 0. The van der Waals surface area contributed by atoms with Gasteiger partial charge in [0, 0.05) is 6.20 Å². The van der Waals surface area contributed by atoms with E-state index in [-0.39, 0.29) is 12.1 Å². The van der Waals surface area contributed by atoms with Gasteiger partial charge < -0.3 is 4.74 Å². The summed E-state index contributed by atoms with van der Waals surface area (Å²) in [6.07, 6.45) is -3.70. The molecule has 23 heavy (non-hydrogen) atoms. The van der Waals surface area contributed by atoms with Gasteiger partial charge in [0.2, 0.25) is 0 Å². The molecule has 6 nitrogen and oxygen atoms in total. The van der Waals surface area contributed by atoms with E-state index in [4.69, 9.17) is 4.74 Å². The second-order valence-corrected chi connectivity index (χ2v) is 6.76. The van der Waals surface area contributed by atoms with Crippen LogP contribution in [0.15, 0.2) is 23.2 Å². The average Bonchev–Trinajstić information content (AvgIpc) is 2.85. The highest BCUT2D eigenvalue weighted by Gasteiger charge is 2.34. The molecule has 0 unspecified atom stereocenters. The lowest BCUT2D eigenvalue weighted by molar-refractivity contribution is -0.137. The van der Waals surface area contributed by atoms with Gasteiger partial charge in [-0.15, -0.1) is 0 Å². The fraction of sp³-hybridized carbons (Fsp3) is 0.385. The molecule has 0 atom stereocenters. The number of sulfone groups is 1. The number of halogens is 3. The zero-order valence-electron chi connectivity index (χ0n) is 12.2. The van der Waals surface area contributed by atoms with Crippen LogP contribution in [0.1, 0.15) is 29.9 Å². The molecule has 0 amide bonds. The minimum absolute atomic E-state index is 0.0217. The van der Waals surface area contributed by atoms with Crippen molar-refractivity contribution in [1.82, 2.24) is 9.61 Å². The molecule has 0 fully saturated rings. The lowest BCUT2D eigenvalue weighted by Gasteiger charge is -2.07. The number of aromatic nitrogens is 2. The monoisotopic (exact) mass is 350 g/mol. The maximum Gasteiger partial charge on any atom is 0.416 e. The molecule has 2 aromatic rings. The Hall–Kier alpha value is -2.10. The number of nitrogens with zero attached hydrogens (tertiary/aromatic N) is 2. The molecule has 0 N–H and O–H groups in total. The molecule has 0 bridgehead atoms. The van der Waals surface area contributed by atoms with Gasteiger partial charge in [-0.05, 0) is 19.1 Å². The van der Waals surface area contributed by atoms with Crippen LogP contribution in [0.4, 0.5) is 13.2 Å². The number of hydrogen-bond donors (Lipinski definition) is 0. The van der Waals surface area contributed by atoms with E-state index in [2.05, 4.69) is 5.10 Å². The highest BCUT2D eigenvalue weighted by Crippen LogP contribution is 2.32. The van der Waals surface area contributed by atoms with Crippen LogP contribution in [0.3, 0.4) is 0 Å². The number of carbonyl (C=O) groups is 1. The first-order valence-corrected chi connectivity index (χ1v) is 8.26. The van der Waals surface area contributed by atoms with Crippen molar-refractivity contribution in [2.75, 3.05) is 12.4 Å². The topological polar surface area (TPSA) is 77.7 Å². The Morgan fingerprint density at radius 2 is 2.00 bits per heavy atom. The fourth-order valence-electron chi connectivity index (χ4n) is 1.98. The Morgan fingerprint density at radius 1 is 1.35 bits per heavy atom. The number of rotatable bonds is 4. The third kappa shape index (κ3) is 3.16. The second-order valence-electron chi connectivity index (χ2n) is 4.54. The van der Waals surface area contributed by atoms with Gasteiger partial charge in [-0.3, -0.25) is 0 Å². The number of esters is 1. The smallest absolute Gasteiger partial charge is 0.416 e. The first-order chi connectivity index (χ1) is 10.6. The molecule has 0 saturated carbocycles. The molecule has 2 rings (SSSR count). The van der Waals surface area contributed by atoms with Gasteiger partial charge in [0.15, 0.2) is 15.5 Å². The molecule has 0 spiro atoms. The molecule has 10 heteroatoms. The maximum atomic E-state index is 12.8. The third-order valence-corrected chi connectivity index (χ3v) is 4.86. The van der Waals surface area contributed by atoms with Gasteiger partial charge in [-0.2, -0.15) is 18.3 Å². The molecule has 0 aromatic carbocycles. The zero-order valence-corrected chi connectivity index (χ0v) is 13.0. The van der Waals surface area contributed by atoms with E-state index in [1.807, 2.05) is 0 Å². The summed E-state index contributed by atoms with van der Waals surface area (Å²) in [6, 6.07) is 1.40. The number of alkyl halides is 3. The molecule has 0 aliphatic carbocycles. The van der Waals surface area contributed by atoms with Crippen LogP contribution >= 0.6 is 0 Å². The van der Waals surface area contributed by atoms with E-state index in [0.717, 1.165) is 16.8 Å². The van der Waals surface area contributed by atoms with Gasteiger partial charge in [0.05, 0.1) is 23.4 Å². The molecule has 126 valence electrons. The van der Waals surface area contributed by atoms with Gasteiger partial charge in [-0.1, -0.05) is 6.92 Å². The normalized spacial score (nSPS) is 12.6. The fourth-order valence-corrected chi connectivity index (χ4v) is 3.16. The van der Waals surface area contributed by atoms with Crippen LogP contribution < -0.4 is 0 Å². The third-order valence-electron chi connectivity index (χ3n) is 3.08. The Morgan fingerprint density at radius 3 is 2.52 bits per heavy atom. The quantitative estimate of drug-likeness (QED) is 0.791. The standard InChI is InChI=1S/C13H13F3N2O4S/c1-3-22-12(19)10-11(23(20,21)4-2)9-7-8(13(14,15)16)5-6-18(9)17-10/h5-7H,3-4H2,1-2H3. The number of pyridine rings is 1. The minimum Gasteiger partial charge on any atom is -0.461 e. The van der Waals surface area contributed by atoms with Crippen molar-refractivity contribution in [3.63, 3.8) is 0 Å². The lowest BCUT2D eigenvalue weighted by Crippen LogP contribution is -2.12. The molecular weight excluding hydrogens is 337 g/mol. The van der Waals surface area contributed by atoms with Crippen LogP contribution in [0.5, 0.6) is 0 Å². The molecule has 0 saturated heterocycles. The molecule has 0 aliphatic heterocycles. The van der Waals surface area contributed by atoms with Gasteiger partial charge in [-0.25, -0.2) is 17.7 Å². The Labute approximate surface area is 129 Å². The number of fused-ring (bicyclic) bond motifs is 1. The van der Waals surface area contributed by atoms with Crippen molar-refractivity contribution in [2.24, 2.45) is 0 Å².